The molecule has 0 fully saturated rings. The number of hydrogen-bond acceptors (Lipinski definition) is 7. The van der Waals surface area contributed by atoms with Crippen molar-refractivity contribution in [2.24, 2.45) is 5.73 Å². The molecule has 3 rings (SSSR count). The van der Waals surface area contributed by atoms with Crippen molar-refractivity contribution in [1.82, 2.24) is 0 Å². The maximum absolute atomic E-state index is 12.1. The van der Waals surface area contributed by atoms with Gasteiger partial charge in [-0.2, -0.15) is 0 Å². The molecule has 194 valence electrons. The van der Waals surface area contributed by atoms with E-state index < -0.39 is 5.97 Å². The second kappa shape index (κ2) is 14.7. The normalized spacial score (nSPS) is 10.2. The Labute approximate surface area is 218 Å². The standard InChI is InChI=1S/C26H28N2O4.C4H7N/c1-30-24-10-7-19(8-11-24)21-6-5-20(25(16-21)31-2)9-12-26(29)32-13-3-4-18-14-22(27)17-23(28)15-18;1-3-4(2)5/h5-12,14-17H,3-4,13,27-28H2,1-2H3;3H,1-2,5H2/b12-9+;. The third-order valence-electron chi connectivity index (χ3n) is 5.21. The van der Waals surface area contributed by atoms with Gasteiger partial charge in [0.2, 0.25) is 0 Å². The van der Waals surface area contributed by atoms with Crippen LogP contribution in [-0.4, -0.2) is 26.8 Å². The fourth-order valence-electron chi connectivity index (χ4n) is 3.36. The van der Waals surface area contributed by atoms with Crippen molar-refractivity contribution >= 4 is 23.4 Å². The lowest BCUT2D eigenvalue weighted by Gasteiger charge is -2.09. The predicted molar refractivity (Wildman–Crippen MR) is 152 cm³/mol. The zero-order chi connectivity index (χ0) is 27.2. The molecule has 37 heavy (non-hydrogen) atoms. The van der Waals surface area contributed by atoms with Crippen LogP contribution < -0.4 is 26.7 Å². The molecule has 3 aromatic rings. The lowest BCUT2D eigenvalue weighted by molar-refractivity contribution is -0.137. The van der Waals surface area contributed by atoms with Gasteiger partial charge in [0.1, 0.15) is 11.5 Å². The number of rotatable bonds is 10. The van der Waals surface area contributed by atoms with E-state index in [0.717, 1.165) is 34.4 Å². The van der Waals surface area contributed by atoms with Gasteiger partial charge < -0.3 is 31.4 Å². The molecule has 0 heterocycles. The molecule has 0 atom stereocenters. The molecule has 0 radical (unpaired) electrons. The monoisotopic (exact) mass is 501 g/mol. The Bertz CT molecular complexity index is 1210. The quantitative estimate of drug-likeness (QED) is 0.112. The number of carbonyl (C=O) groups is 1. The minimum atomic E-state index is -0.404. The van der Waals surface area contributed by atoms with Crippen molar-refractivity contribution in [3.8, 4) is 22.6 Å². The molecule has 0 aliphatic heterocycles. The van der Waals surface area contributed by atoms with Gasteiger partial charge in [-0.3, -0.25) is 0 Å². The highest BCUT2D eigenvalue weighted by atomic mass is 16.5. The summed E-state index contributed by atoms with van der Waals surface area (Å²) in [6, 6.07) is 19.1. The van der Waals surface area contributed by atoms with Gasteiger partial charge in [-0.25, -0.2) is 4.79 Å². The second-order valence-corrected chi connectivity index (χ2v) is 8.08. The highest BCUT2D eigenvalue weighted by molar-refractivity contribution is 5.88. The van der Waals surface area contributed by atoms with Gasteiger partial charge in [0, 0.05) is 28.7 Å². The van der Waals surface area contributed by atoms with Crippen molar-refractivity contribution < 1.29 is 19.0 Å². The number of esters is 1. The lowest BCUT2D eigenvalue weighted by atomic mass is 10.0. The molecule has 0 unspecified atom stereocenters. The van der Waals surface area contributed by atoms with E-state index in [2.05, 4.69) is 13.2 Å². The maximum atomic E-state index is 12.1. The summed E-state index contributed by atoms with van der Waals surface area (Å²) in [5.41, 5.74) is 22.2. The lowest BCUT2D eigenvalue weighted by Crippen LogP contribution is -2.04. The Kier molecular flexibility index (Phi) is 11.3. The van der Waals surface area contributed by atoms with Gasteiger partial charge in [-0.15, -0.1) is 0 Å². The Hall–Kier alpha value is -4.65. The minimum absolute atomic E-state index is 0.311. The number of ether oxygens (including phenoxy) is 3. The van der Waals surface area contributed by atoms with Crippen LogP contribution in [0.1, 0.15) is 17.5 Å². The molecular formula is C30H35N3O4. The molecule has 0 saturated carbocycles. The van der Waals surface area contributed by atoms with Crippen molar-refractivity contribution in [2.75, 3.05) is 32.3 Å². The van der Waals surface area contributed by atoms with Crippen LogP contribution in [0.15, 0.2) is 91.7 Å². The number of benzene rings is 3. The first kappa shape index (κ1) is 28.6. The molecular weight excluding hydrogens is 466 g/mol. The Balaban J connectivity index is 0.000000877. The highest BCUT2D eigenvalue weighted by Crippen LogP contribution is 2.29. The third-order valence-corrected chi connectivity index (χ3v) is 5.21. The molecule has 7 heteroatoms. The number of nitrogens with two attached hydrogens (primary N) is 3. The average Bonchev–Trinajstić information content (AvgIpc) is 2.89. The second-order valence-electron chi connectivity index (χ2n) is 8.08. The van der Waals surface area contributed by atoms with Crippen LogP contribution in [0.5, 0.6) is 11.5 Å². The van der Waals surface area contributed by atoms with Gasteiger partial charge in [-0.1, -0.05) is 37.4 Å². The zero-order valence-electron chi connectivity index (χ0n) is 21.4. The molecule has 0 bridgehead atoms. The zero-order valence-corrected chi connectivity index (χ0v) is 21.4. The van der Waals surface area contributed by atoms with Gasteiger partial charge in [-0.05, 0) is 78.1 Å². The van der Waals surface area contributed by atoms with Gasteiger partial charge in [0.15, 0.2) is 0 Å². The fraction of sp³-hybridized carbons (Fsp3) is 0.167. The molecule has 3 aromatic carbocycles. The third kappa shape index (κ3) is 9.85. The highest BCUT2D eigenvalue weighted by Gasteiger charge is 2.06. The maximum Gasteiger partial charge on any atom is 0.330 e. The van der Waals surface area contributed by atoms with E-state index in [1.165, 1.54) is 12.2 Å². The van der Waals surface area contributed by atoms with Crippen molar-refractivity contribution in [1.29, 1.82) is 0 Å². The molecule has 0 spiro atoms. The average molecular weight is 502 g/mol. The van der Waals surface area contributed by atoms with Gasteiger partial charge >= 0.3 is 5.97 Å². The van der Waals surface area contributed by atoms with E-state index in [1.54, 1.807) is 26.4 Å². The molecule has 0 aromatic heterocycles. The minimum Gasteiger partial charge on any atom is -0.497 e. The summed E-state index contributed by atoms with van der Waals surface area (Å²) in [5, 5.41) is 0. The molecule has 6 N–H and O–H groups in total. The first-order chi connectivity index (χ1) is 17.7. The number of aryl methyl sites for hydroxylation is 1. The smallest absolute Gasteiger partial charge is 0.330 e. The van der Waals surface area contributed by atoms with Crippen LogP contribution in [0.2, 0.25) is 0 Å². The van der Waals surface area contributed by atoms with Crippen LogP contribution in [0.3, 0.4) is 0 Å². The van der Waals surface area contributed by atoms with Crippen molar-refractivity contribution in [3.05, 3.63) is 103 Å². The van der Waals surface area contributed by atoms with Crippen LogP contribution in [-0.2, 0) is 16.0 Å². The first-order valence-corrected chi connectivity index (χ1v) is 11.6. The topological polar surface area (TPSA) is 123 Å². The summed E-state index contributed by atoms with van der Waals surface area (Å²) in [6.45, 7) is 6.98. The van der Waals surface area contributed by atoms with E-state index in [9.17, 15) is 4.79 Å². The van der Waals surface area contributed by atoms with Gasteiger partial charge in [0.05, 0.1) is 20.8 Å². The van der Waals surface area contributed by atoms with Crippen molar-refractivity contribution in [2.45, 2.75) is 12.8 Å². The summed E-state index contributed by atoms with van der Waals surface area (Å²) >= 11 is 0. The largest absolute Gasteiger partial charge is 0.497 e. The molecule has 0 saturated heterocycles. The number of carbonyl (C=O) groups excluding carboxylic acids is 1. The number of allylic oxidation sites excluding steroid dienone is 1. The number of anilines is 2. The number of methoxy groups -OCH3 is 2. The van der Waals surface area contributed by atoms with Crippen molar-refractivity contribution in [3.63, 3.8) is 0 Å². The molecule has 0 aliphatic rings. The summed E-state index contributed by atoms with van der Waals surface area (Å²) in [6.07, 6.45) is 6.01. The van der Waals surface area contributed by atoms with E-state index >= 15 is 0 Å². The summed E-state index contributed by atoms with van der Waals surface area (Å²) in [7, 11) is 3.24. The number of nitrogen functional groups attached to an aromatic ring is 2. The Morgan fingerprint density at radius 1 is 0.919 bits per heavy atom. The van der Waals surface area contributed by atoms with Crippen LogP contribution >= 0.6 is 0 Å². The van der Waals surface area contributed by atoms with Crippen LogP contribution in [0, 0.1) is 0 Å². The molecule has 0 aliphatic carbocycles. The Morgan fingerprint density at radius 3 is 2.11 bits per heavy atom. The summed E-state index contributed by atoms with van der Waals surface area (Å²) in [4.78, 5) is 12.1. The molecule has 7 nitrogen and oxygen atoms in total. The van der Waals surface area contributed by atoms with E-state index in [4.69, 9.17) is 31.4 Å². The fourth-order valence-corrected chi connectivity index (χ4v) is 3.36. The first-order valence-electron chi connectivity index (χ1n) is 11.6. The summed E-state index contributed by atoms with van der Waals surface area (Å²) in [5.74, 6) is 1.07. The van der Waals surface area contributed by atoms with E-state index in [-0.39, 0.29) is 0 Å². The Morgan fingerprint density at radius 2 is 1.54 bits per heavy atom. The SMILES string of the molecule is C=CC(=C)N.COc1ccc(-c2ccc(/C=C/C(=O)OCCCc3cc(N)cc(N)c3)c(OC)c2)cc1. The summed E-state index contributed by atoms with van der Waals surface area (Å²) < 4.78 is 16.0. The predicted octanol–water partition coefficient (Wildman–Crippen LogP) is 5.37. The van der Waals surface area contributed by atoms with Gasteiger partial charge in [0.25, 0.3) is 0 Å². The van der Waals surface area contributed by atoms with E-state index in [1.807, 2.05) is 54.6 Å². The number of hydrogen-bond donors (Lipinski definition) is 3. The van der Waals surface area contributed by atoms with E-state index in [0.29, 0.717) is 35.8 Å². The molecule has 0 amide bonds. The van der Waals surface area contributed by atoms with Crippen LogP contribution in [0.25, 0.3) is 17.2 Å². The van der Waals surface area contributed by atoms with Crippen LogP contribution in [0.4, 0.5) is 11.4 Å².